The molecule has 1 amide bonds. The third-order valence-corrected chi connectivity index (χ3v) is 5.27. The summed E-state index contributed by atoms with van der Waals surface area (Å²) < 4.78 is 14.5. The fourth-order valence-electron chi connectivity index (χ4n) is 2.27. The monoisotopic (exact) mass is 355 g/mol. The smallest absolute Gasteiger partial charge is 0.267 e. The van der Waals surface area contributed by atoms with Gasteiger partial charge in [0.15, 0.2) is 5.13 Å². The van der Waals surface area contributed by atoms with Gasteiger partial charge in [-0.05, 0) is 30.3 Å². The topological polar surface area (TPSA) is 54.9 Å². The molecule has 0 unspecified atom stereocenters. The van der Waals surface area contributed by atoms with Gasteiger partial charge in [0, 0.05) is 33.4 Å². The number of fused-ring (bicyclic) bond motifs is 1. The van der Waals surface area contributed by atoms with E-state index in [1.807, 2.05) is 17.5 Å². The van der Waals surface area contributed by atoms with Crippen molar-refractivity contribution in [3.05, 3.63) is 64.9 Å². The summed E-state index contributed by atoms with van der Waals surface area (Å²) in [6.45, 7) is 0. The molecular weight excluding hydrogens is 345 g/mol. The van der Waals surface area contributed by atoms with Crippen LogP contribution in [0.4, 0.5) is 9.52 Å². The number of halogens is 1. The van der Waals surface area contributed by atoms with Crippen molar-refractivity contribution in [1.29, 1.82) is 0 Å². The maximum atomic E-state index is 13.7. The minimum Gasteiger partial charge on any atom is -0.297 e. The second kappa shape index (κ2) is 6.10. The van der Waals surface area contributed by atoms with Gasteiger partial charge in [-0.2, -0.15) is 0 Å². The normalized spacial score (nSPS) is 10.9. The van der Waals surface area contributed by atoms with Crippen LogP contribution in [-0.4, -0.2) is 15.9 Å². The molecule has 4 aromatic rings. The predicted octanol–water partition coefficient (Wildman–Crippen LogP) is 4.81. The number of hydrogen-bond donors (Lipinski definition) is 1. The summed E-state index contributed by atoms with van der Waals surface area (Å²) >= 11 is 2.59. The minimum atomic E-state index is -0.323. The molecule has 118 valence electrons. The molecule has 0 aliphatic heterocycles. The summed E-state index contributed by atoms with van der Waals surface area (Å²) in [7, 11) is 0. The Bertz CT molecular complexity index is 1030. The molecular formula is C17H10FN3OS2. The Hall–Kier alpha value is -2.64. The average Bonchev–Trinajstić information content (AvgIpc) is 3.23. The number of benzene rings is 1. The number of nitrogens with one attached hydrogen (secondary N) is 1. The second-order valence-corrected chi connectivity index (χ2v) is 6.94. The van der Waals surface area contributed by atoms with Crippen LogP contribution in [-0.2, 0) is 0 Å². The first-order valence-corrected chi connectivity index (χ1v) is 8.76. The SMILES string of the molecule is O=C(Nc1nc(-c2cccnc2)cs1)c1cc2c(F)cccc2s1. The molecule has 4 rings (SSSR count). The van der Waals surface area contributed by atoms with E-state index in [0.29, 0.717) is 15.4 Å². The number of pyridine rings is 1. The largest absolute Gasteiger partial charge is 0.297 e. The van der Waals surface area contributed by atoms with Gasteiger partial charge in [0.2, 0.25) is 0 Å². The number of thiazole rings is 1. The van der Waals surface area contributed by atoms with Crippen LogP contribution in [0.15, 0.2) is 54.2 Å². The van der Waals surface area contributed by atoms with Crippen LogP contribution in [0.2, 0.25) is 0 Å². The fourth-order valence-corrected chi connectivity index (χ4v) is 3.96. The van der Waals surface area contributed by atoms with E-state index < -0.39 is 0 Å². The number of carbonyl (C=O) groups excluding carboxylic acids is 1. The third kappa shape index (κ3) is 2.79. The van der Waals surface area contributed by atoms with Crippen LogP contribution < -0.4 is 5.32 Å². The lowest BCUT2D eigenvalue weighted by atomic mass is 10.2. The van der Waals surface area contributed by atoms with Gasteiger partial charge in [-0.3, -0.25) is 15.1 Å². The van der Waals surface area contributed by atoms with E-state index >= 15 is 0 Å². The van der Waals surface area contributed by atoms with E-state index in [4.69, 9.17) is 0 Å². The Morgan fingerprint density at radius 2 is 2.12 bits per heavy atom. The van der Waals surface area contributed by atoms with Crippen molar-refractivity contribution in [2.45, 2.75) is 0 Å². The summed E-state index contributed by atoms with van der Waals surface area (Å²) in [5.41, 5.74) is 1.64. The summed E-state index contributed by atoms with van der Waals surface area (Å²) in [4.78, 5) is 21.3. The Morgan fingerprint density at radius 1 is 1.21 bits per heavy atom. The highest BCUT2D eigenvalue weighted by molar-refractivity contribution is 7.21. The Kier molecular flexibility index (Phi) is 3.79. The molecule has 1 aromatic carbocycles. The first-order valence-electron chi connectivity index (χ1n) is 7.06. The number of nitrogens with zero attached hydrogens (tertiary/aromatic N) is 2. The molecule has 1 N–H and O–H groups in total. The molecule has 0 spiro atoms. The van der Waals surface area contributed by atoms with Gasteiger partial charge in [0.05, 0.1) is 10.6 Å². The van der Waals surface area contributed by atoms with E-state index in [-0.39, 0.29) is 11.7 Å². The molecule has 7 heteroatoms. The highest BCUT2D eigenvalue weighted by Crippen LogP contribution is 2.29. The standard InChI is InChI=1S/C17H10FN3OS2/c18-12-4-1-5-14-11(12)7-15(24-14)16(22)21-17-20-13(9-23-17)10-3-2-6-19-8-10/h1-9H,(H,20,21,22). The maximum absolute atomic E-state index is 13.7. The summed E-state index contributed by atoms with van der Waals surface area (Å²) in [5, 5.41) is 5.58. The number of carbonyl (C=O) groups is 1. The molecule has 0 fully saturated rings. The second-order valence-electron chi connectivity index (χ2n) is 5.00. The van der Waals surface area contributed by atoms with Crippen molar-refractivity contribution in [2.75, 3.05) is 5.32 Å². The van der Waals surface area contributed by atoms with Crippen molar-refractivity contribution in [3.8, 4) is 11.3 Å². The van der Waals surface area contributed by atoms with Gasteiger partial charge < -0.3 is 0 Å². The number of aromatic nitrogens is 2. The van der Waals surface area contributed by atoms with Gasteiger partial charge in [-0.25, -0.2) is 9.37 Å². The third-order valence-electron chi connectivity index (χ3n) is 3.41. The molecule has 0 radical (unpaired) electrons. The minimum absolute atomic E-state index is 0.289. The predicted molar refractivity (Wildman–Crippen MR) is 95.1 cm³/mol. The van der Waals surface area contributed by atoms with Crippen molar-refractivity contribution < 1.29 is 9.18 Å². The quantitative estimate of drug-likeness (QED) is 0.574. The van der Waals surface area contributed by atoms with E-state index in [1.165, 1.54) is 28.7 Å². The average molecular weight is 355 g/mol. The van der Waals surface area contributed by atoms with E-state index in [2.05, 4.69) is 15.3 Å². The van der Waals surface area contributed by atoms with Gasteiger partial charge >= 0.3 is 0 Å². The van der Waals surface area contributed by atoms with Gasteiger partial charge in [0.25, 0.3) is 5.91 Å². The van der Waals surface area contributed by atoms with Crippen molar-refractivity contribution in [3.63, 3.8) is 0 Å². The van der Waals surface area contributed by atoms with Gasteiger partial charge in [-0.15, -0.1) is 22.7 Å². The number of rotatable bonds is 3. The zero-order valence-electron chi connectivity index (χ0n) is 12.2. The van der Waals surface area contributed by atoms with Crippen LogP contribution in [0.1, 0.15) is 9.67 Å². The summed E-state index contributed by atoms with van der Waals surface area (Å²) in [6, 6.07) is 10.1. The number of amides is 1. The van der Waals surface area contributed by atoms with Crippen molar-refractivity contribution in [1.82, 2.24) is 9.97 Å². The highest BCUT2D eigenvalue weighted by Gasteiger charge is 2.14. The van der Waals surface area contributed by atoms with Crippen molar-refractivity contribution >= 4 is 43.8 Å². The molecule has 24 heavy (non-hydrogen) atoms. The van der Waals surface area contributed by atoms with Crippen LogP contribution in [0, 0.1) is 5.82 Å². The fraction of sp³-hybridized carbons (Fsp3) is 0. The number of thiophene rings is 1. The number of hydrogen-bond acceptors (Lipinski definition) is 5. The van der Waals surface area contributed by atoms with Gasteiger partial charge in [0.1, 0.15) is 5.82 Å². The van der Waals surface area contributed by atoms with Crippen LogP contribution in [0.3, 0.4) is 0 Å². The highest BCUT2D eigenvalue weighted by atomic mass is 32.1. The molecule has 0 saturated heterocycles. The van der Waals surface area contributed by atoms with Crippen molar-refractivity contribution in [2.24, 2.45) is 0 Å². The van der Waals surface area contributed by atoms with Crippen LogP contribution in [0.5, 0.6) is 0 Å². The lowest BCUT2D eigenvalue weighted by Crippen LogP contribution is -2.09. The molecule has 0 bridgehead atoms. The lowest BCUT2D eigenvalue weighted by Gasteiger charge is -1.98. The molecule has 3 heterocycles. The summed E-state index contributed by atoms with van der Waals surface area (Å²) in [6.07, 6.45) is 3.41. The number of anilines is 1. The Morgan fingerprint density at radius 3 is 2.92 bits per heavy atom. The molecule has 0 saturated carbocycles. The molecule has 0 aliphatic carbocycles. The first-order chi connectivity index (χ1) is 11.7. The van der Waals surface area contributed by atoms with E-state index in [1.54, 1.807) is 30.6 Å². The Labute approximate surface area is 144 Å². The van der Waals surface area contributed by atoms with Crippen LogP contribution >= 0.6 is 22.7 Å². The maximum Gasteiger partial charge on any atom is 0.267 e. The van der Waals surface area contributed by atoms with E-state index in [0.717, 1.165) is 16.0 Å². The first kappa shape index (κ1) is 14.9. The molecule has 3 aromatic heterocycles. The zero-order valence-corrected chi connectivity index (χ0v) is 13.8. The zero-order chi connectivity index (χ0) is 16.5. The van der Waals surface area contributed by atoms with E-state index in [9.17, 15) is 9.18 Å². The summed E-state index contributed by atoms with van der Waals surface area (Å²) in [5.74, 6) is -0.612. The molecule has 0 aliphatic rings. The molecule has 0 atom stereocenters. The Balaban J connectivity index is 1.57. The lowest BCUT2D eigenvalue weighted by molar-refractivity contribution is 0.103. The van der Waals surface area contributed by atoms with Gasteiger partial charge in [-0.1, -0.05) is 6.07 Å². The van der Waals surface area contributed by atoms with Crippen LogP contribution in [0.25, 0.3) is 21.3 Å². The molecule has 4 nitrogen and oxygen atoms in total.